The SMILES string of the molecule is CCn1ccc2c(N)ccnc21. The number of rotatable bonds is 1. The quantitative estimate of drug-likeness (QED) is 0.691. The summed E-state index contributed by atoms with van der Waals surface area (Å²) in [5.41, 5.74) is 7.54. The van der Waals surface area contributed by atoms with Crippen molar-refractivity contribution in [3.05, 3.63) is 24.5 Å². The predicted octanol–water partition coefficient (Wildman–Crippen LogP) is 1.64. The van der Waals surface area contributed by atoms with Crippen molar-refractivity contribution in [3.8, 4) is 0 Å². The molecular weight excluding hydrogens is 150 g/mol. The van der Waals surface area contributed by atoms with Crippen molar-refractivity contribution in [1.82, 2.24) is 9.55 Å². The Morgan fingerprint density at radius 3 is 3.08 bits per heavy atom. The van der Waals surface area contributed by atoms with Crippen LogP contribution in [0.2, 0.25) is 0 Å². The Morgan fingerprint density at radius 1 is 1.50 bits per heavy atom. The third-order valence-corrected chi connectivity index (χ3v) is 2.04. The van der Waals surface area contributed by atoms with Crippen LogP contribution in [0.3, 0.4) is 0 Å². The summed E-state index contributed by atoms with van der Waals surface area (Å²) < 4.78 is 2.08. The maximum atomic E-state index is 5.77. The predicted molar refractivity (Wildman–Crippen MR) is 49.8 cm³/mol. The van der Waals surface area contributed by atoms with E-state index in [1.165, 1.54) is 0 Å². The van der Waals surface area contributed by atoms with Crippen molar-refractivity contribution < 1.29 is 0 Å². The first-order valence-corrected chi connectivity index (χ1v) is 4.02. The standard InChI is InChI=1S/C9H11N3/c1-2-12-6-4-7-8(10)3-5-11-9(7)12/h3-6H,2H2,1H3,(H2,10,11). The highest BCUT2D eigenvalue weighted by Crippen LogP contribution is 2.18. The van der Waals surface area contributed by atoms with Crippen molar-refractivity contribution in [2.75, 3.05) is 5.73 Å². The van der Waals surface area contributed by atoms with Crippen LogP contribution < -0.4 is 5.73 Å². The molecular formula is C9H11N3. The van der Waals surface area contributed by atoms with Crippen LogP contribution in [-0.4, -0.2) is 9.55 Å². The van der Waals surface area contributed by atoms with Gasteiger partial charge in [0, 0.05) is 30.0 Å². The van der Waals surface area contributed by atoms with Gasteiger partial charge in [0.25, 0.3) is 0 Å². The molecule has 2 heterocycles. The number of hydrogen-bond acceptors (Lipinski definition) is 2. The molecule has 3 nitrogen and oxygen atoms in total. The van der Waals surface area contributed by atoms with E-state index in [0.29, 0.717) is 0 Å². The molecule has 3 heteroatoms. The Morgan fingerprint density at radius 2 is 2.33 bits per heavy atom. The molecule has 0 amide bonds. The van der Waals surface area contributed by atoms with Crippen LogP contribution in [0.5, 0.6) is 0 Å². The largest absolute Gasteiger partial charge is 0.398 e. The number of aromatic nitrogens is 2. The first-order valence-electron chi connectivity index (χ1n) is 4.02. The van der Waals surface area contributed by atoms with E-state index in [1.807, 2.05) is 18.3 Å². The minimum absolute atomic E-state index is 0.798. The summed E-state index contributed by atoms with van der Waals surface area (Å²) in [7, 11) is 0. The Labute approximate surface area is 70.8 Å². The number of nitrogens with two attached hydrogens (primary N) is 1. The lowest BCUT2D eigenvalue weighted by Gasteiger charge is -1.99. The molecule has 0 radical (unpaired) electrons. The molecule has 0 bridgehead atoms. The molecule has 2 aromatic heterocycles. The van der Waals surface area contributed by atoms with Gasteiger partial charge >= 0.3 is 0 Å². The summed E-state index contributed by atoms with van der Waals surface area (Å²) in [4.78, 5) is 4.26. The van der Waals surface area contributed by atoms with E-state index < -0.39 is 0 Å². The van der Waals surface area contributed by atoms with Gasteiger partial charge in [-0.1, -0.05) is 0 Å². The first kappa shape index (κ1) is 7.16. The summed E-state index contributed by atoms with van der Waals surface area (Å²) in [5.74, 6) is 0. The van der Waals surface area contributed by atoms with Crippen molar-refractivity contribution in [3.63, 3.8) is 0 Å². The molecule has 2 aromatic rings. The minimum Gasteiger partial charge on any atom is -0.398 e. The molecule has 0 aromatic carbocycles. The fourth-order valence-electron chi connectivity index (χ4n) is 1.37. The molecule has 0 aliphatic heterocycles. The number of fused-ring (bicyclic) bond motifs is 1. The topological polar surface area (TPSA) is 43.8 Å². The van der Waals surface area contributed by atoms with Crippen LogP contribution in [0.1, 0.15) is 6.92 Å². The fraction of sp³-hybridized carbons (Fsp3) is 0.222. The van der Waals surface area contributed by atoms with Gasteiger partial charge in [-0.3, -0.25) is 0 Å². The smallest absolute Gasteiger partial charge is 0.141 e. The minimum atomic E-state index is 0.798. The number of anilines is 1. The van der Waals surface area contributed by atoms with Gasteiger partial charge in [0.15, 0.2) is 0 Å². The Balaban J connectivity index is 2.80. The molecule has 2 rings (SSSR count). The van der Waals surface area contributed by atoms with Crippen molar-refractivity contribution in [2.24, 2.45) is 0 Å². The van der Waals surface area contributed by atoms with Crippen molar-refractivity contribution in [1.29, 1.82) is 0 Å². The lowest BCUT2D eigenvalue weighted by atomic mass is 10.3. The summed E-state index contributed by atoms with van der Waals surface area (Å²) >= 11 is 0. The number of aryl methyl sites for hydroxylation is 1. The normalized spacial score (nSPS) is 10.8. The van der Waals surface area contributed by atoms with Gasteiger partial charge in [-0.05, 0) is 19.1 Å². The highest BCUT2D eigenvalue weighted by atomic mass is 15.0. The Hall–Kier alpha value is -1.51. The molecule has 0 spiro atoms. The summed E-state index contributed by atoms with van der Waals surface area (Å²) in [6, 6.07) is 3.82. The fourth-order valence-corrected chi connectivity index (χ4v) is 1.37. The number of nitrogen functional groups attached to an aromatic ring is 1. The molecule has 0 fully saturated rings. The second-order valence-electron chi connectivity index (χ2n) is 2.74. The van der Waals surface area contributed by atoms with Crippen LogP contribution in [0.4, 0.5) is 5.69 Å². The van der Waals surface area contributed by atoms with E-state index in [4.69, 9.17) is 5.73 Å². The molecule has 0 saturated carbocycles. The van der Waals surface area contributed by atoms with Gasteiger partial charge in [0.1, 0.15) is 5.65 Å². The number of hydrogen-bond donors (Lipinski definition) is 1. The van der Waals surface area contributed by atoms with E-state index in [0.717, 1.165) is 23.3 Å². The van der Waals surface area contributed by atoms with E-state index >= 15 is 0 Å². The Kier molecular flexibility index (Phi) is 1.50. The van der Waals surface area contributed by atoms with Gasteiger partial charge < -0.3 is 10.3 Å². The van der Waals surface area contributed by atoms with E-state index in [9.17, 15) is 0 Å². The van der Waals surface area contributed by atoms with Crippen LogP contribution in [-0.2, 0) is 6.54 Å². The molecule has 0 unspecified atom stereocenters. The number of nitrogens with zero attached hydrogens (tertiary/aromatic N) is 2. The maximum Gasteiger partial charge on any atom is 0.141 e. The monoisotopic (exact) mass is 161 g/mol. The third kappa shape index (κ3) is 0.863. The zero-order valence-electron chi connectivity index (χ0n) is 6.99. The third-order valence-electron chi connectivity index (χ3n) is 2.04. The molecule has 2 N–H and O–H groups in total. The van der Waals surface area contributed by atoms with E-state index in [1.54, 1.807) is 6.20 Å². The van der Waals surface area contributed by atoms with Gasteiger partial charge in [-0.2, -0.15) is 0 Å². The highest BCUT2D eigenvalue weighted by molar-refractivity contribution is 5.88. The Bertz CT molecular complexity index is 403. The van der Waals surface area contributed by atoms with Crippen molar-refractivity contribution >= 4 is 16.7 Å². The second-order valence-corrected chi connectivity index (χ2v) is 2.74. The lowest BCUT2D eigenvalue weighted by Crippen LogP contribution is -1.94. The van der Waals surface area contributed by atoms with Gasteiger partial charge in [-0.25, -0.2) is 4.98 Å². The van der Waals surface area contributed by atoms with Gasteiger partial charge in [0.2, 0.25) is 0 Å². The van der Waals surface area contributed by atoms with E-state index in [2.05, 4.69) is 16.5 Å². The average molecular weight is 161 g/mol. The van der Waals surface area contributed by atoms with Crippen molar-refractivity contribution in [2.45, 2.75) is 13.5 Å². The van der Waals surface area contributed by atoms with Crippen LogP contribution in [0.15, 0.2) is 24.5 Å². The maximum absolute atomic E-state index is 5.77. The van der Waals surface area contributed by atoms with E-state index in [-0.39, 0.29) is 0 Å². The average Bonchev–Trinajstić information content (AvgIpc) is 2.49. The molecule has 0 aliphatic rings. The molecule has 0 aliphatic carbocycles. The van der Waals surface area contributed by atoms with Crippen LogP contribution >= 0.6 is 0 Å². The molecule has 62 valence electrons. The van der Waals surface area contributed by atoms with Gasteiger partial charge in [-0.15, -0.1) is 0 Å². The summed E-state index contributed by atoms with van der Waals surface area (Å²) in [6.07, 6.45) is 3.75. The zero-order valence-corrected chi connectivity index (χ0v) is 6.99. The molecule has 12 heavy (non-hydrogen) atoms. The summed E-state index contributed by atoms with van der Waals surface area (Å²) in [5, 5.41) is 1.04. The van der Waals surface area contributed by atoms with Crippen LogP contribution in [0.25, 0.3) is 11.0 Å². The van der Waals surface area contributed by atoms with Gasteiger partial charge in [0.05, 0.1) is 0 Å². The first-order chi connectivity index (χ1) is 5.83. The molecule has 0 saturated heterocycles. The van der Waals surface area contributed by atoms with Crippen LogP contribution in [0, 0.1) is 0 Å². The lowest BCUT2D eigenvalue weighted by molar-refractivity contribution is 0.788. The summed E-state index contributed by atoms with van der Waals surface area (Å²) in [6.45, 7) is 3.02. The zero-order chi connectivity index (χ0) is 8.55. The second kappa shape index (κ2) is 2.52. The number of pyridine rings is 1. The highest BCUT2D eigenvalue weighted by Gasteiger charge is 2.01. The molecule has 0 atom stereocenters.